The number of nitrogens with one attached hydrogen (secondary N) is 2. The zero-order valence-corrected chi connectivity index (χ0v) is 9.96. The number of carbonyl (C=O) groups excluding carboxylic acids is 1. The first-order chi connectivity index (χ1) is 8.94. The lowest BCUT2D eigenvalue weighted by Gasteiger charge is -2.25. The van der Waals surface area contributed by atoms with Gasteiger partial charge in [0.2, 0.25) is 5.91 Å². The number of hydrogen-bond acceptors (Lipinski definition) is 3. The number of hydrogen-bond donors (Lipinski definition) is 2. The summed E-state index contributed by atoms with van der Waals surface area (Å²) in [5.41, 5.74) is 0.718. The van der Waals surface area contributed by atoms with Crippen LogP contribution in [-0.2, 0) is 11.3 Å². The van der Waals surface area contributed by atoms with Crippen LogP contribution in [0.3, 0.4) is 0 Å². The van der Waals surface area contributed by atoms with Gasteiger partial charge in [0.05, 0.1) is 5.92 Å². The Labute approximate surface area is 107 Å². The van der Waals surface area contributed by atoms with E-state index >= 15 is 0 Å². The van der Waals surface area contributed by atoms with Crippen LogP contribution < -0.4 is 15.4 Å². The van der Waals surface area contributed by atoms with Gasteiger partial charge >= 0.3 is 6.36 Å². The molecule has 0 atom stereocenters. The highest BCUT2D eigenvalue weighted by molar-refractivity contribution is 5.79. The predicted molar refractivity (Wildman–Crippen MR) is 61.3 cm³/mol. The van der Waals surface area contributed by atoms with Gasteiger partial charge in [-0.1, -0.05) is 12.1 Å². The van der Waals surface area contributed by atoms with Gasteiger partial charge in [-0.25, -0.2) is 0 Å². The molecule has 2 N–H and O–H groups in total. The van der Waals surface area contributed by atoms with Crippen LogP contribution >= 0.6 is 0 Å². The van der Waals surface area contributed by atoms with Crippen molar-refractivity contribution in [1.29, 1.82) is 0 Å². The summed E-state index contributed by atoms with van der Waals surface area (Å²) in [6.07, 6.45) is -4.69. The van der Waals surface area contributed by atoms with Gasteiger partial charge in [0.15, 0.2) is 0 Å². The molecule has 1 fully saturated rings. The molecule has 0 aliphatic carbocycles. The second-order valence-corrected chi connectivity index (χ2v) is 4.26. The fourth-order valence-electron chi connectivity index (χ4n) is 1.62. The highest BCUT2D eigenvalue weighted by atomic mass is 19.4. The minimum atomic E-state index is -4.69. The van der Waals surface area contributed by atoms with Crippen molar-refractivity contribution in [3.63, 3.8) is 0 Å². The SMILES string of the molecule is O=C(NCc1ccc(OC(F)(F)F)cc1)C1CNC1. The molecule has 0 bridgehead atoms. The van der Waals surface area contributed by atoms with Crippen molar-refractivity contribution in [2.45, 2.75) is 12.9 Å². The third-order valence-electron chi connectivity index (χ3n) is 2.78. The molecular formula is C12H13F3N2O2. The molecular weight excluding hydrogens is 261 g/mol. The van der Waals surface area contributed by atoms with Gasteiger partial charge in [0.25, 0.3) is 0 Å². The van der Waals surface area contributed by atoms with Crippen molar-refractivity contribution in [2.24, 2.45) is 5.92 Å². The fraction of sp³-hybridized carbons (Fsp3) is 0.417. The Bertz CT molecular complexity index is 441. The largest absolute Gasteiger partial charge is 0.573 e. The number of rotatable bonds is 4. The standard InChI is InChI=1S/C12H13F3N2O2/c13-12(14,15)19-10-3-1-8(2-4-10)5-17-11(18)9-6-16-7-9/h1-4,9,16H,5-7H2,(H,17,18). The molecule has 7 heteroatoms. The molecule has 104 valence electrons. The molecule has 4 nitrogen and oxygen atoms in total. The van der Waals surface area contributed by atoms with Crippen LogP contribution in [0.4, 0.5) is 13.2 Å². The molecule has 1 aliphatic rings. The van der Waals surface area contributed by atoms with E-state index in [2.05, 4.69) is 15.4 Å². The van der Waals surface area contributed by atoms with Gasteiger partial charge in [-0.3, -0.25) is 4.79 Å². The monoisotopic (exact) mass is 274 g/mol. The van der Waals surface area contributed by atoms with Gasteiger partial charge in [0, 0.05) is 19.6 Å². The summed E-state index contributed by atoms with van der Waals surface area (Å²) >= 11 is 0. The maximum absolute atomic E-state index is 11.9. The number of alkyl halides is 3. The van der Waals surface area contributed by atoms with E-state index in [1.54, 1.807) is 0 Å². The third-order valence-corrected chi connectivity index (χ3v) is 2.78. The molecule has 1 aliphatic heterocycles. The second kappa shape index (κ2) is 5.48. The first-order valence-electron chi connectivity index (χ1n) is 5.77. The summed E-state index contributed by atoms with van der Waals surface area (Å²) in [4.78, 5) is 11.5. The predicted octanol–water partition coefficient (Wildman–Crippen LogP) is 1.42. The molecule has 19 heavy (non-hydrogen) atoms. The average Bonchev–Trinajstić information content (AvgIpc) is 2.23. The van der Waals surface area contributed by atoms with Crippen molar-refractivity contribution in [3.05, 3.63) is 29.8 Å². The van der Waals surface area contributed by atoms with Crippen molar-refractivity contribution >= 4 is 5.91 Å². The van der Waals surface area contributed by atoms with Crippen molar-refractivity contribution in [1.82, 2.24) is 10.6 Å². The highest BCUT2D eigenvalue weighted by Crippen LogP contribution is 2.22. The lowest BCUT2D eigenvalue weighted by molar-refractivity contribution is -0.274. The minimum absolute atomic E-state index is 0.00663. The van der Waals surface area contributed by atoms with Gasteiger partial charge in [-0.05, 0) is 17.7 Å². The zero-order valence-electron chi connectivity index (χ0n) is 9.96. The van der Waals surface area contributed by atoms with Gasteiger partial charge in [-0.2, -0.15) is 0 Å². The zero-order chi connectivity index (χ0) is 13.9. The number of benzene rings is 1. The number of amides is 1. The Morgan fingerprint density at radius 1 is 1.32 bits per heavy atom. The van der Waals surface area contributed by atoms with Crippen LogP contribution in [0.2, 0.25) is 0 Å². The number of carbonyl (C=O) groups is 1. The topological polar surface area (TPSA) is 50.4 Å². The van der Waals surface area contributed by atoms with Crippen LogP contribution in [0.5, 0.6) is 5.75 Å². The molecule has 2 rings (SSSR count). The van der Waals surface area contributed by atoms with E-state index in [1.165, 1.54) is 24.3 Å². The van der Waals surface area contributed by atoms with Gasteiger partial charge in [0.1, 0.15) is 5.75 Å². The van der Waals surface area contributed by atoms with Crippen molar-refractivity contribution in [3.8, 4) is 5.75 Å². The van der Waals surface area contributed by atoms with Crippen molar-refractivity contribution < 1.29 is 22.7 Å². The first kappa shape index (κ1) is 13.7. The minimum Gasteiger partial charge on any atom is -0.406 e. The normalized spacial score (nSPS) is 15.7. The smallest absolute Gasteiger partial charge is 0.406 e. The maximum Gasteiger partial charge on any atom is 0.573 e. The lowest BCUT2D eigenvalue weighted by Crippen LogP contribution is -2.50. The molecule has 0 unspecified atom stereocenters. The second-order valence-electron chi connectivity index (χ2n) is 4.26. The number of halogens is 3. The summed E-state index contributed by atoms with van der Waals surface area (Å²) in [7, 11) is 0. The molecule has 1 heterocycles. The summed E-state index contributed by atoms with van der Waals surface area (Å²) < 4.78 is 39.6. The van der Waals surface area contributed by atoms with Crippen LogP contribution in [0.25, 0.3) is 0 Å². The molecule has 0 saturated carbocycles. The highest BCUT2D eigenvalue weighted by Gasteiger charge is 2.31. The Balaban J connectivity index is 1.83. The van der Waals surface area contributed by atoms with E-state index in [0.29, 0.717) is 19.6 Å². The molecule has 1 saturated heterocycles. The Morgan fingerprint density at radius 2 is 1.95 bits per heavy atom. The molecule has 1 amide bonds. The Kier molecular flexibility index (Phi) is 3.94. The molecule has 1 aromatic carbocycles. The lowest BCUT2D eigenvalue weighted by atomic mass is 10.0. The van der Waals surface area contributed by atoms with Gasteiger partial charge < -0.3 is 15.4 Å². The third kappa shape index (κ3) is 4.13. The number of ether oxygens (including phenoxy) is 1. The summed E-state index contributed by atoms with van der Waals surface area (Å²) in [5, 5.41) is 5.71. The van der Waals surface area contributed by atoms with E-state index in [0.717, 1.165) is 5.56 Å². The van der Waals surface area contributed by atoms with E-state index in [1.807, 2.05) is 0 Å². The molecule has 0 spiro atoms. The van der Waals surface area contributed by atoms with Gasteiger partial charge in [-0.15, -0.1) is 13.2 Å². The summed E-state index contributed by atoms with van der Waals surface area (Å²) in [5.74, 6) is -0.326. The average molecular weight is 274 g/mol. The quantitative estimate of drug-likeness (QED) is 0.873. The van der Waals surface area contributed by atoms with Crippen LogP contribution in [0, 0.1) is 5.92 Å². The first-order valence-corrected chi connectivity index (χ1v) is 5.77. The fourth-order valence-corrected chi connectivity index (χ4v) is 1.62. The Hall–Kier alpha value is -1.76. The maximum atomic E-state index is 11.9. The molecule has 0 radical (unpaired) electrons. The van der Waals surface area contributed by atoms with E-state index in [9.17, 15) is 18.0 Å². The van der Waals surface area contributed by atoms with E-state index in [-0.39, 0.29) is 17.6 Å². The van der Waals surface area contributed by atoms with Crippen LogP contribution in [-0.4, -0.2) is 25.4 Å². The van der Waals surface area contributed by atoms with Crippen molar-refractivity contribution in [2.75, 3.05) is 13.1 Å². The summed E-state index contributed by atoms with van der Waals surface area (Å²) in [6.45, 7) is 1.63. The van der Waals surface area contributed by atoms with E-state index in [4.69, 9.17) is 0 Å². The van der Waals surface area contributed by atoms with Crippen LogP contribution in [0.15, 0.2) is 24.3 Å². The van der Waals surface area contributed by atoms with Crippen LogP contribution in [0.1, 0.15) is 5.56 Å². The molecule has 1 aromatic rings. The molecule has 0 aromatic heterocycles. The summed E-state index contributed by atoms with van der Waals surface area (Å²) in [6, 6.07) is 5.42. The Morgan fingerprint density at radius 3 is 2.42 bits per heavy atom. The van der Waals surface area contributed by atoms with E-state index < -0.39 is 6.36 Å².